The minimum atomic E-state index is -1.05. The summed E-state index contributed by atoms with van der Waals surface area (Å²) in [6, 6.07) is 8.84. The number of hydrogen-bond donors (Lipinski definition) is 5. The molecule has 2 amide bonds. The van der Waals surface area contributed by atoms with Crippen LogP contribution in [0, 0.1) is 6.92 Å². The molecule has 5 N–H and O–H groups in total. The Labute approximate surface area is 219 Å². The number of carboxylic acids is 1. The first-order valence-electron chi connectivity index (χ1n) is 11.9. The third-order valence-corrected chi connectivity index (χ3v) is 6.25. The number of aromatic nitrogens is 1. The molecular formula is C26H23FN6O6. The largest absolute Gasteiger partial charge is 0.478 e. The lowest BCUT2D eigenvalue weighted by Gasteiger charge is -2.26. The number of hydrogen-bond acceptors (Lipinski definition) is 8. The number of nitrogens with one attached hydrogen (secondary N) is 4. The van der Waals surface area contributed by atoms with Gasteiger partial charge in [0.2, 0.25) is 0 Å². The van der Waals surface area contributed by atoms with Gasteiger partial charge in [0, 0.05) is 19.2 Å². The molecule has 1 aromatic heterocycles. The molecule has 12 nitrogen and oxygen atoms in total. The molecule has 2 aliphatic heterocycles. The maximum absolute atomic E-state index is 14.8. The third kappa shape index (κ3) is 5.07. The highest BCUT2D eigenvalue weighted by Gasteiger charge is 2.37. The second kappa shape index (κ2) is 10.0. The van der Waals surface area contributed by atoms with Crippen molar-refractivity contribution in [1.29, 1.82) is 0 Å². The summed E-state index contributed by atoms with van der Waals surface area (Å²) in [5.74, 6) is -3.71. The molecular weight excluding hydrogens is 511 g/mol. The van der Waals surface area contributed by atoms with E-state index in [1.54, 1.807) is 44.2 Å². The van der Waals surface area contributed by atoms with E-state index in [1.807, 2.05) is 0 Å². The monoisotopic (exact) mass is 534 g/mol. The highest BCUT2D eigenvalue weighted by Crippen LogP contribution is 2.29. The number of nitrogens with zero attached hydrogens (tertiary/aromatic N) is 2. The number of halogens is 1. The number of fused-ring (bicyclic) bond motifs is 2. The highest BCUT2D eigenvalue weighted by molar-refractivity contribution is 6.44. The molecule has 0 fully saturated rings. The number of benzene rings is 2. The smallest absolute Gasteiger partial charge is 0.417 e. The van der Waals surface area contributed by atoms with Crippen molar-refractivity contribution in [3.05, 3.63) is 92.6 Å². The number of carbonyl (C=O) groups is 3. The van der Waals surface area contributed by atoms with Crippen molar-refractivity contribution in [2.75, 3.05) is 0 Å². The molecule has 2 aliphatic rings. The maximum Gasteiger partial charge on any atom is 0.417 e. The number of aliphatic imine (C=N–C) groups is 1. The van der Waals surface area contributed by atoms with Gasteiger partial charge in [0.15, 0.2) is 17.2 Å². The van der Waals surface area contributed by atoms with Crippen LogP contribution in [0.2, 0.25) is 0 Å². The van der Waals surface area contributed by atoms with E-state index in [0.29, 0.717) is 27.8 Å². The first-order chi connectivity index (χ1) is 18.6. The number of hydrazine groups is 1. The van der Waals surface area contributed by atoms with Crippen LogP contribution in [-0.2, 0) is 22.7 Å². The number of H-pyrrole nitrogens is 1. The summed E-state index contributed by atoms with van der Waals surface area (Å²) in [4.78, 5) is 55.4. The van der Waals surface area contributed by atoms with Gasteiger partial charge in [0.25, 0.3) is 11.8 Å². The molecule has 3 aromatic rings. The van der Waals surface area contributed by atoms with Crippen LogP contribution in [0.3, 0.4) is 0 Å². The van der Waals surface area contributed by atoms with Gasteiger partial charge in [-0.15, -0.1) is 0 Å². The number of aromatic amines is 1. The van der Waals surface area contributed by atoms with Gasteiger partial charge < -0.3 is 20.2 Å². The molecule has 0 spiro atoms. The minimum absolute atomic E-state index is 0.0408. The van der Waals surface area contributed by atoms with Crippen LogP contribution < -0.4 is 21.8 Å². The number of amides is 2. The molecule has 0 saturated carbocycles. The van der Waals surface area contributed by atoms with E-state index in [0.717, 1.165) is 0 Å². The van der Waals surface area contributed by atoms with Gasteiger partial charge in [-0.25, -0.2) is 24.4 Å². The second-order valence-corrected chi connectivity index (χ2v) is 9.05. The summed E-state index contributed by atoms with van der Waals surface area (Å²) in [7, 11) is 0. The first kappa shape index (κ1) is 25.6. The van der Waals surface area contributed by atoms with Crippen LogP contribution in [0.15, 0.2) is 74.0 Å². The summed E-state index contributed by atoms with van der Waals surface area (Å²) in [5, 5.41) is 15.8. The van der Waals surface area contributed by atoms with Crippen molar-refractivity contribution < 1.29 is 28.3 Å². The van der Waals surface area contributed by atoms with Gasteiger partial charge in [-0.3, -0.25) is 19.6 Å². The molecule has 3 heterocycles. The summed E-state index contributed by atoms with van der Waals surface area (Å²) >= 11 is 0. The Hall–Kier alpha value is -5.04. The average molecular weight is 535 g/mol. The van der Waals surface area contributed by atoms with E-state index in [2.05, 4.69) is 26.0 Å². The predicted molar refractivity (Wildman–Crippen MR) is 137 cm³/mol. The SMILES string of the molecule is Cc1cc(CNC(=O)C2=CC(C(=O)NCc3ccc4oc(=O)[nH]c4c3)=NC3=C(F)C(C)NN23)ccc1C(=O)O. The Morgan fingerprint density at radius 2 is 1.79 bits per heavy atom. The van der Waals surface area contributed by atoms with E-state index in [-0.39, 0.29) is 35.9 Å². The molecule has 0 aliphatic carbocycles. The molecule has 200 valence electrons. The lowest BCUT2D eigenvalue weighted by molar-refractivity contribution is -0.119. The number of carbonyl (C=O) groups excluding carboxylic acids is 2. The lowest BCUT2D eigenvalue weighted by atomic mass is 10.1. The molecule has 39 heavy (non-hydrogen) atoms. The number of oxazole rings is 1. The Bertz CT molecular complexity index is 1680. The fraction of sp³-hybridized carbons (Fsp3) is 0.192. The van der Waals surface area contributed by atoms with Crippen LogP contribution in [0.1, 0.15) is 34.0 Å². The molecule has 13 heteroatoms. The van der Waals surface area contributed by atoms with Gasteiger partial charge in [-0.05, 0) is 48.7 Å². The van der Waals surface area contributed by atoms with Crippen LogP contribution in [-0.4, -0.2) is 44.6 Å². The summed E-state index contributed by atoms with van der Waals surface area (Å²) < 4.78 is 19.8. The number of aromatic carboxylic acids is 1. The molecule has 5 rings (SSSR count). The molecule has 1 atom stereocenters. The van der Waals surface area contributed by atoms with Crippen LogP contribution in [0.5, 0.6) is 0 Å². The van der Waals surface area contributed by atoms with Crippen LogP contribution >= 0.6 is 0 Å². The summed E-state index contributed by atoms with van der Waals surface area (Å²) in [6.45, 7) is 3.34. The number of rotatable bonds is 7. The normalized spacial score (nSPS) is 16.6. The lowest BCUT2D eigenvalue weighted by Crippen LogP contribution is -2.44. The topological polar surface area (TPSA) is 169 Å². The molecule has 2 aromatic carbocycles. The Balaban J connectivity index is 1.33. The van der Waals surface area contributed by atoms with Crippen molar-refractivity contribution in [3.8, 4) is 0 Å². The first-order valence-corrected chi connectivity index (χ1v) is 11.9. The second-order valence-electron chi connectivity index (χ2n) is 9.05. The Morgan fingerprint density at radius 1 is 1.10 bits per heavy atom. The van der Waals surface area contributed by atoms with E-state index >= 15 is 0 Å². The zero-order chi connectivity index (χ0) is 27.8. The van der Waals surface area contributed by atoms with Gasteiger partial charge in [0.1, 0.15) is 11.4 Å². The highest BCUT2D eigenvalue weighted by atomic mass is 19.1. The van der Waals surface area contributed by atoms with Gasteiger partial charge >= 0.3 is 11.7 Å². The molecule has 0 radical (unpaired) electrons. The third-order valence-electron chi connectivity index (χ3n) is 6.25. The minimum Gasteiger partial charge on any atom is -0.478 e. The van der Waals surface area contributed by atoms with Crippen molar-refractivity contribution >= 4 is 34.6 Å². The molecule has 0 bridgehead atoms. The predicted octanol–water partition coefficient (Wildman–Crippen LogP) is 1.75. The van der Waals surface area contributed by atoms with Gasteiger partial charge in [-0.1, -0.05) is 18.2 Å². The van der Waals surface area contributed by atoms with Crippen LogP contribution in [0.4, 0.5) is 4.39 Å². The van der Waals surface area contributed by atoms with E-state index < -0.39 is 35.4 Å². The maximum atomic E-state index is 14.8. The fourth-order valence-electron chi connectivity index (χ4n) is 4.25. The summed E-state index contributed by atoms with van der Waals surface area (Å²) in [6.07, 6.45) is 1.25. The van der Waals surface area contributed by atoms with E-state index in [1.165, 1.54) is 17.2 Å². The molecule has 0 saturated heterocycles. The Morgan fingerprint density at radius 3 is 2.51 bits per heavy atom. The van der Waals surface area contributed by atoms with Crippen molar-refractivity contribution in [2.24, 2.45) is 4.99 Å². The Kier molecular flexibility index (Phi) is 6.58. The van der Waals surface area contributed by atoms with Crippen molar-refractivity contribution in [1.82, 2.24) is 26.1 Å². The quantitative estimate of drug-likeness (QED) is 0.305. The number of carboxylic acid groups (broad SMARTS) is 1. The van der Waals surface area contributed by atoms with Crippen LogP contribution in [0.25, 0.3) is 11.1 Å². The average Bonchev–Trinajstić information content (AvgIpc) is 3.42. The van der Waals surface area contributed by atoms with Crippen molar-refractivity contribution in [3.63, 3.8) is 0 Å². The van der Waals surface area contributed by atoms with Gasteiger partial charge in [0.05, 0.1) is 17.1 Å². The number of aryl methyl sites for hydroxylation is 1. The van der Waals surface area contributed by atoms with Gasteiger partial charge in [-0.2, -0.15) is 0 Å². The zero-order valence-electron chi connectivity index (χ0n) is 20.8. The zero-order valence-corrected chi connectivity index (χ0v) is 20.8. The molecule has 1 unspecified atom stereocenters. The summed E-state index contributed by atoms with van der Waals surface area (Å²) in [5.41, 5.74) is 5.48. The van der Waals surface area contributed by atoms with E-state index in [4.69, 9.17) is 4.42 Å². The fourth-order valence-corrected chi connectivity index (χ4v) is 4.25. The van der Waals surface area contributed by atoms with E-state index in [9.17, 15) is 28.7 Å². The van der Waals surface area contributed by atoms with Crippen molar-refractivity contribution in [2.45, 2.75) is 33.0 Å². The standard InChI is InChI=1S/C26H23FN6O6/c1-12-7-14(3-5-16(12)25(36)37)10-29-24(35)19-9-18(30-22-21(27)13(2)32-33(19)22)23(34)28-11-15-4-6-20-17(8-15)31-26(38)39-20/h3-9,13,32H,10-11H2,1-2H3,(H,28,34)(H,29,35)(H,31,38)(H,36,37).